The molecule has 0 amide bonds. The second-order valence-corrected chi connectivity index (χ2v) is 6.05. The summed E-state index contributed by atoms with van der Waals surface area (Å²) in [5.41, 5.74) is 1.01. The first-order chi connectivity index (χ1) is 12.8. The van der Waals surface area contributed by atoms with E-state index >= 15 is 0 Å². The topological polar surface area (TPSA) is 69.5 Å². The van der Waals surface area contributed by atoms with Crippen LogP contribution in [0.5, 0.6) is 0 Å². The van der Waals surface area contributed by atoms with Crippen molar-refractivity contribution in [1.29, 1.82) is 0 Å². The van der Waals surface area contributed by atoms with Gasteiger partial charge in [-0.3, -0.25) is 14.7 Å². The molecule has 1 aromatic carbocycles. The van der Waals surface area contributed by atoms with Gasteiger partial charge in [-0.2, -0.15) is 0 Å². The quantitative estimate of drug-likeness (QED) is 0.662. The Balaban J connectivity index is 0.00000210. The van der Waals surface area contributed by atoms with Crippen LogP contribution in [0.15, 0.2) is 53.5 Å². The van der Waals surface area contributed by atoms with Gasteiger partial charge < -0.3 is 9.57 Å². The number of para-hydroxylation sites is 1. The zero-order valence-electron chi connectivity index (χ0n) is 14.8. The Kier molecular flexibility index (Phi) is 6.39. The predicted molar refractivity (Wildman–Crippen MR) is 105 cm³/mol. The van der Waals surface area contributed by atoms with Gasteiger partial charge in [-0.25, -0.2) is 4.98 Å². The number of nitrogens with zero attached hydrogens (tertiary/aromatic N) is 4. The van der Waals surface area contributed by atoms with Crippen molar-refractivity contribution in [2.75, 3.05) is 39.5 Å². The van der Waals surface area contributed by atoms with Gasteiger partial charge in [0.2, 0.25) is 0 Å². The fourth-order valence-corrected chi connectivity index (χ4v) is 2.98. The van der Waals surface area contributed by atoms with Crippen molar-refractivity contribution in [2.45, 2.75) is 0 Å². The standard InChI is InChI=1S/C19H20N4O3.ClH/c24-19-15-5-1-2-6-16(15)21-18(17-7-3-4-8-20-17)23(19)26-14-11-22-9-12-25-13-10-22;/h1-8H,9-14H2;1H. The van der Waals surface area contributed by atoms with Crippen LogP contribution in [0.2, 0.25) is 0 Å². The third-order valence-electron chi connectivity index (χ3n) is 4.36. The number of morpholine rings is 1. The van der Waals surface area contributed by atoms with Gasteiger partial charge in [-0.1, -0.05) is 18.2 Å². The molecule has 4 rings (SSSR count). The van der Waals surface area contributed by atoms with Crippen LogP contribution in [0.3, 0.4) is 0 Å². The average molecular weight is 389 g/mol. The van der Waals surface area contributed by atoms with Crippen molar-refractivity contribution in [2.24, 2.45) is 0 Å². The normalized spacial score (nSPS) is 14.7. The zero-order chi connectivity index (χ0) is 17.8. The van der Waals surface area contributed by atoms with Crippen molar-refractivity contribution in [3.8, 4) is 11.5 Å². The van der Waals surface area contributed by atoms with Crippen LogP contribution < -0.4 is 10.4 Å². The molecule has 1 saturated heterocycles. The number of hydrogen-bond acceptors (Lipinski definition) is 6. The summed E-state index contributed by atoms with van der Waals surface area (Å²) >= 11 is 0. The van der Waals surface area contributed by atoms with Crippen molar-refractivity contribution in [3.63, 3.8) is 0 Å². The van der Waals surface area contributed by atoms with E-state index in [2.05, 4.69) is 14.9 Å². The Bertz CT molecular complexity index is 943. The van der Waals surface area contributed by atoms with Gasteiger partial charge >= 0.3 is 0 Å². The van der Waals surface area contributed by atoms with E-state index in [1.165, 1.54) is 4.73 Å². The zero-order valence-corrected chi connectivity index (χ0v) is 15.6. The lowest BCUT2D eigenvalue weighted by molar-refractivity contribution is 0.0166. The van der Waals surface area contributed by atoms with Crippen LogP contribution in [0.25, 0.3) is 22.4 Å². The smallest absolute Gasteiger partial charge is 0.294 e. The maximum atomic E-state index is 12.9. The van der Waals surface area contributed by atoms with Crippen LogP contribution in [0.4, 0.5) is 0 Å². The van der Waals surface area contributed by atoms with E-state index in [1.807, 2.05) is 36.4 Å². The third-order valence-corrected chi connectivity index (χ3v) is 4.36. The molecule has 0 atom stereocenters. The monoisotopic (exact) mass is 388 g/mol. The van der Waals surface area contributed by atoms with Crippen LogP contribution in [0.1, 0.15) is 0 Å². The maximum absolute atomic E-state index is 12.9. The summed E-state index contributed by atoms with van der Waals surface area (Å²) in [5, 5.41) is 0.526. The Labute approximate surface area is 162 Å². The Morgan fingerprint density at radius 1 is 1.07 bits per heavy atom. The number of hydrogen-bond donors (Lipinski definition) is 0. The van der Waals surface area contributed by atoms with Crippen molar-refractivity contribution in [1.82, 2.24) is 19.6 Å². The first kappa shape index (κ1) is 19.3. The third kappa shape index (κ3) is 4.27. The molecule has 2 aromatic heterocycles. The predicted octanol–water partition coefficient (Wildman–Crippen LogP) is 1.64. The van der Waals surface area contributed by atoms with E-state index in [4.69, 9.17) is 9.57 Å². The highest BCUT2D eigenvalue weighted by atomic mass is 35.5. The molecule has 0 saturated carbocycles. The van der Waals surface area contributed by atoms with Gasteiger partial charge in [0.15, 0.2) is 5.82 Å². The number of aromatic nitrogens is 3. The molecule has 1 aliphatic rings. The minimum atomic E-state index is -0.224. The Morgan fingerprint density at radius 2 is 1.85 bits per heavy atom. The van der Waals surface area contributed by atoms with Crippen LogP contribution in [0, 0.1) is 0 Å². The molecule has 0 radical (unpaired) electrons. The van der Waals surface area contributed by atoms with Crippen LogP contribution in [-0.4, -0.2) is 59.1 Å². The largest absolute Gasteiger partial charge is 0.407 e. The second kappa shape index (κ2) is 8.94. The molecule has 1 aliphatic heterocycles. The molecule has 27 heavy (non-hydrogen) atoms. The van der Waals surface area contributed by atoms with E-state index in [9.17, 15) is 4.79 Å². The lowest BCUT2D eigenvalue weighted by atomic mass is 10.2. The number of ether oxygens (including phenoxy) is 1. The first-order valence-electron chi connectivity index (χ1n) is 8.69. The number of fused-ring (bicyclic) bond motifs is 1. The lowest BCUT2D eigenvalue weighted by Gasteiger charge is -2.26. The van der Waals surface area contributed by atoms with Crippen molar-refractivity contribution < 1.29 is 9.57 Å². The minimum Gasteiger partial charge on any atom is -0.407 e. The van der Waals surface area contributed by atoms with Crippen molar-refractivity contribution >= 4 is 23.3 Å². The molecule has 0 spiro atoms. The van der Waals surface area contributed by atoms with Crippen LogP contribution in [-0.2, 0) is 4.74 Å². The Morgan fingerprint density at radius 3 is 2.63 bits per heavy atom. The molecule has 7 nitrogen and oxygen atoms in total. The maximum Gasteiger partial charge on any atom is 0.294 e. The molecule has 1 fully saturated rings. The van der Waals surface area contributed by atoms with E-state index in [-0.39, 0.29) is 18.0 Å². The summed E-state index contributed by atoms with van der Waals surface area (Å²) < 4.78 is 6.62. The number of rotatable bonds is 5. The van der Waals surface area contributed by atoms with Gasteiger partial charge in [-0.15, -0.1) is 17.1 Å². The summed E-state index contributed by atoms with van der Waals surface area (Å²) in [7, 11) is 0. The van der Waals surface area contributed by atoms with E-state index in [0.717, 1.165) is 32.8 Å². The summed E-state index contributed by atoms with van der Waals surface area (Å²) in [6.07, 6.45) is 1.68. The second-order valence-electron chi connectivity index (χ2n) is 6.05. The number of pyridine rings is 1. The molecule has 3 heterocycles. The minimum absolute atomic E-state index is 0. The van der Waals surface area contributed by atoms with E-state index in [0.29, 0.717) is 29.0 Å². The molecule has 0 bridgehead atoms. The summed E-state index contributed by atoms with van der Waals surface area (Å²) in [5.74, 6) is 0.413. The van der Waals surface area contributed by atoms with E-state index in [1.54, 1.807) is 12.3 Å². The first-order valence-corrected chi connectivity index (χ1v) is 8.69. The highest BCUT2D eigenvalue weighted by Gasteiger charge is 2.16. The highest BCUT2D eigenvalue weighted by Crippen LogP contribution is 2.15. The molecule has 0 aliphatic carbocycles. The van der Waals surface area contributed by atoms with Gasteiger partial charge in [-0.05, 0) is 24.3 Å². The molecule has 0 N–H and O–H groups in total. The van der Waals surface area contributed by atoms with Gasteiger partial charge in [0, 0.05) is 25.8 Å². The average Bonchev–Trinajstić information content (AvgIpc) is 2.71. The van der Waals surface area contributed by atoms with Gasteiger partial charge in [0.1, 0.15) is 12.3 Å². The van der Waals surface area contributed by atoms with Gasteiger partial charge in [0.05, 0.1) is 24.1 Å². The molecular formula is C19H21ClN4O3. The fourth-order valence-electron chi connectivity index (χ4n) is 2.98. The summed E-state index contributed by atoms with van der Waals surface area (Å²) in [6, 6.07) is 12.8. The molecular weight excluding hydrogens is 368 g/mol. The fraction of sp³-hybridized carbons (Fsp3) is 0.316. The summed E-state index contributed by atoms with van der Waals surface area (Å²) in [6.45, 7) is 4.33. The van der Waals surface area contributed by atoms with Gasteiger partial charge in [0.25, 0.3) is 5.56 Å². The SMILES string of the molecule is Cl.O=c1c2ccccc2nc(-c2ccccn2)n1OCCN1CCOCC1. The molecule has 142 valence electrons. The van der Waals surface area contributed by atoms with E-state index < -0.39 is 0 Å². The van der Waals surface area contributed by atoms with Crippen molar-refractivity contribution in [3.05, 3.63) is 59.0 Å². The highest BCUT2D eigenvalue weighted by molar-refractivity contribution is 5.85. The van der Waals surface area contributed by atoms with Crippen LogP contribution >= 0.6 is 12.4 Å². The molecule has 0 unspecified atom stereocenters. The molecule has 3 aromatic rings. The summed E-state index contributed by atoms with van der Waals surface area (Å²) in [4.78, 5) is 30.0. The number of halogens is 1. The number of benzene rings is 1. The Hall–Kier alpha value is -2.48. The molecule has 8 heteroatoms. The lowest BCUT2D eigenvalue weighted by Crippen LogP contribution is -2.40.